The minimum Gasteiger partial charge on any atom is -0.477 e. The van der Waals surface area contributed by atoms with Gasteiger partial charge in [-0.25, -0.2) is 9.48 Å². The van der Waals surface area contributed by atoms with E-state index in [2.05, 4.69) is 5.10 Å². The fourth-order valence-electron chi connectivity index (χ4n) is 1.63. The van der Waals surface area contributed by atoms with E-state index in [4.69, 9.17) is 10.8 Å². The maximum Gasteiger partial charge on any atom is 0.341 e. The van der Waals surface area contributed by atoms with Gasteiger partial charge in [-0.15, -0.1) is 0 Å². The fraction of sp³-hybridized carbons (Fsp3) is 0.167. The van der Waals surface area contributed by atoms with Gasteiger partial charge in [0.25, 0.3) is 0 Å². The van der Waals surface area contributed by atoms with Gasteiger partial charge >= 0.3 is 5.97 Å². The van der Waals surface area contributed by atoms with Gasteiger partial charge in [0.05, 0.1) is 12.7 Å². The molecule has 1 aromatic heterocycles. The second-order valence-corrected chi connectivity index (χ2v) is 3.83. The minimum atomic E-state index is -1.06. The second-order valence-electron chi connectivity index (χ2n) is 3.83. The zero-order chi connectivity index (χ0) is 12.4. The van der Waals surface area contributed by atoms with Crippen molar-refractivity contribution in [2.45, 2.75) is 13.5 Å². The number of carboxylic acids is 1. The number of nitrogen functional groups attached to an aromatic ring is 1. The molecule has 1 heterocycles. The van der Waals surface area contributed by atoms with E-state index in [0.29, 0.717) is 6.54 Å². The predicted octanol–water partition coefficient (Wildman–Crippen LogP) is 1.52. The van der Waals surface area contributed by atoms with E-state index in [1.165, 1.54) is 10.9 Å². The third-order valence-corrected chi connectivity index (χ3v) is 2.69. The summed E-state index contributed by atoms with van der Waals surface area (Å²) in [6.45, 7) is 2.47. The highest BCUT2D eigenvalue weighted by molar-refractivity contribution is 5.92. The summed E-state index contributed by atoms with van der Waals surface area (Å²) in [6, 6.07) is 7.85. The van der Waals surface area contributed by atoms with Crippen LogP contribution in [0.3, 0.4) is 0 Å². The van der Waals surface area contributed by atoms with Gasteiger partial charge in [0, 0.05) is 0 Å². The Bertz CT molecular complexity index is 561. The Morgan fingerprint density at radius 3 is 2.76 bits per heavy atom. The first kappa shape index (κ1) is 11.2. The lowest BCUT2D eigenvalue weighted by Gasteiger charge is -2.07. The molecule has 0 saturated heterocycles. The van der Waals surface area contributed by atoms with Gasteiger partial charge in [0.15, 0.2) is 0 Å². The van der Waals surface area contributed by atoms with Crippen molar-refractivity contribution in [3.8, 4) is 0 Å². The first-order valence-electron chi connectivity index (χ1n) is 5.18. The molecule has 0 aliphatic rings. The number of carboxylic acid groups (broad SMARTS) is 1. The van der Waals surface area contributed by atoms with Crippen LogP contribution in [0.15, 0.2) is 30.5 Å². The largest absolute Gasteiger partial charge is 0.477 e. The molecule has 3 N–H and O–H groups in total. The van der Waals surface area contributed by atoms with Crippen LogP contribution in [0.1, 0.15) is 21.5 Å². The molecule has 88 valence electrons. The Morgan fingerprint density at radius 2 is 2.18 bits per heavy atom. The summed E-state index contributed by atoms with van der Waals surface area (Å²) in [7, 11) is 0. The molecule has 0 unspecified atom stereocenters. The van der Waals surface area contributed by atoms with Crippen molar-refractivity contribution in [1.82, 2.24) is 9.78 Å². The number of hydrogen-bond acceptors (Lipinski definition) is 3. The number of anilines is 1. The number of rotatable bonds is 3. The van der Waals surface area contributed by atoms with Gasteiger partial charge in [-0.1, -0.05) is 24.3 Å². The van der Waals surface area contributed by atoms with Crippen LogP contribution in [0, 0.1) is 6.92 Å². The molecule has 0 radical (unpaired) electrons. The third-order valence-electron chi connectivity index (χ3n) is 2.69. The van der Waals surface area contributed by atoms with E-state index in [1.54, 1.807) is 0 Å². The average Bonchev–Trinajstić information content (AvgIpc) is 2.64. The summed E-state index contributed by atoms with van der Waals surface area (Å²) < 4.78 is 1.49. The van der Waals surface area contributed by atoms with Crippen molar-refractivity contribution >= 4 is 11.8 Å². The van der Waals surface area contributed by atoms with Crippen molar-refractivity contribution in [2.75, 3.05) is 5.73 Å². The molecule has 0 bridgehead atoms. The topological polar surface area (TPSA) is 81.1 Å². The van der Waals surface area contributed by atoms with Gasteiger partial charge in [-0.2, -0.15) is 5.10 Å². The molecule has 2 aromatic rings. The van der Waals surface area contributed by atoms with Crippen LogP contribution < -0.4 is 5.73 Å². The number of hydrogen-bond donors (Lipinski definition) is 2. The number of aryl methyl sites for hydroxylation is 1. The Balaban J connectivity index is 2.31. The highest BCUT2D eigenvalue weighted by Gasteiger charge is 2.14. The summed E-state index contributed by atoms with van der Waals surface area (Å²) in [5.74, 6) is -0.876. The Labute approximate surface area is 98.5 Å². The normalized spacial score (nSPS) is 10.4. The lowest BCUT2D eigenvalue weighted by molar-refractivity contribution is 0.0698. The third kappa shape index (κ3) is 2.13. The molecule has 0 aliphatic carbocycles. The Kier molecular flexibility index (Phi) is 2.82. The van der Waals surface area contributed by atoms with Crippen molar-refractivity contribution in [2.24, 2.45) is 0 Å². The SMILES string of the molecule is Cc1ccccc1Cn1ncc(C(=O)O)c1N. The monoisotopic (exact) mass is 231 g/mol. The van der Waals surface area contributed by atoms with Crippen LogP contribution in [0.4, 0.5) is 5.82 Å². The molecular formula is C12H13N3O2. The van der Waals surface area contributed by atoms with Crippen molar-refractivity contribution in [3.63, 3.8) is 0 Å². The predicted molar refractivity (Wildman–Crippen MR) is 63.9 cm³/mol. The molecule has 0 aliphatic heterocycles. The van der Waals surface area contributed by atoms with Gasteiger partial charge in [0.1, 0.15) is 11.4 Å². The molecule has 5 nitrogen and oxygen atoms in total. The zero-order valence-corrected chi connectivity index (χ0v) is 9.42. The number of carbonyl (C=O) groups is 1. The summed E-state index contributed by atoms with van der Waals surface area (Å²) in [5.41, 5.74) is 7.96. The summed E-state index contributed by atoms with van der Waals surface area (Å²) in [6.07, 6.45) is 1.27. The van der Waals surface area contributed by atoms with Crippen LogP contribution in [0.5, 0.6) is 0 Å². The Morgan fingerprint density at radius 1 is 1.47 bits per heavy atom. The van der Waals surface area contributed by atoms with Gasteiger partial charge in [-0.05, 0) is 18.1 Å². The Hall–Kier alpha value is -2.30. The van der Waals surface area contributed by atoms with Crippen LogP contribution >= 0.6 is 0 Å². The lowest BCUT2D eigenvalue weighted by Crippen LogP contribution is -2.09. The van der Waals surface area contributed by atoms with E-state index in [-0.39, 0.29) is 11.4 Å². The van der Waals surface area contributed by atoms with Gasteiger partial charge < -0.3 is 10.8 Å². The average molecular weight is 231 g/mol. The molecule has 0 amide bonds. The number of nitrogens with two attached hydrogens (primary N) is 1. The van der Waals surface area contributed by atoms with Crippen LogP contribution in [0.2, 0.25) is 0 Å². The number of nitrogens with zero attached hydrogens (tertiary/aromatic N) is 2. The molecule has 2 rings (SSSR count). The summed E-state index contributed by atoms with van der Waals surface area (Å²) in [4.78, 5) is 10.8. The summed E-state index contributed by atoms with van der Waals surface area (Å²) >= 11 is 0. The number of benzene rings is 1. The van der Waals surface area contributed by atoms with Crippen LogP contribution in [-0.4, -0.2) is 20.9 Å². The lowest BCUT2D eigenvalue weighted by atomic mass is 10.1. The molecule has 0 fully saturated rings. The smallest absolute Gasteiger partial charge is 0.341 e. The molecule has 1 aromatic carbocycles. The van der Waals surface area contributed by atoms with Crippen molar-refractivity contribution in [1.29, 1.82) is 0 Å². The maximum absolute atomic E-state index is 10.8. The maximum atomic E-state index is 10.8. The van der Waals surface area contributed by atoms with E-state index in [1.807, 2.05) is 31.2 Å². The zero-order valence-electron chi connectivity index (χ0n) is 9.42. The minimum absolute atomic E-state index is 0.0404. The molecule has 0 saturated carbocycles. The highest BCUT2D eigenvalue weighted by atomic mass is 16.4. The van der Waals surface area contributed by atoms with E-state index in [9.17, 15) is 4.79 Å². The van der Waals surface area contributed by atoms with Crippen molar-refractivity contribution < 1.29 is 9.90 Å². The first-order chi connectivity index (χ1) is 8.09. The van der Waals surface area contributed by atoms with E-state index >= 15 is 0 Å². The number of aromatic nitrogens is 2. The first-order valence-corrected chi connectivity index (χ1v) is 5.18. The molecule has 17 heavy (non-hydrogen) atoms. The molecule has 0 atom stereocenters. The fourth-order valence-corrected chi connectivity index (χ4v) is 1.63. The van der Waals surface area contributed by atoms with Crippen LogP contribution in [-0.2, 0) is 6.54 Å². The van der Waals surface area contributed by atoms with E-state index < -0.39 is 5.97 Å². The molecule has 5 heteroatoms. The van der Waals surface area contributed by atoms with E-state index in [0.717, 1.165) is 11.1 Å². The highest BCUT2D eigenvalue weighted by Crippen LogP contribution is 2.15. The van der Waals surface area contributed by atoms with Crippen LogP contribution in [0.25, 0.3) is 0 Å². The van der Waals surface area contributed by atoms with Crippen molar-refractivity contribution in [3.05, 3.63) is 47.2 Å². The molecule has 0 spiro atoms. The van der Waals surface area contributed by atoms with Gasteiger partial charge in [-0.3, -0.25) is 0 Å². The van der Waals surface area contributed by atoms with Gasteiger partial charge in [0.2, 0.25) is 0 Å². The summed E-state index contributed by atoms with van der Waals surface area (Å²) in [5, 5.41) is 12.9. The quantitative estimate of drug-likeness (QED) is 0.839. The number of aromatic carboxylic acids is 1. The molecular weight excluding hydrogens is 218 g/mol. The standard InChI is InChI=1S/C12H13N3O2/c1-8-4-2-3-5-9(8)7-15-11(13)10(6-14-15)12(16)17/h2-6H,7,13H2,1H3,(H,16,17). The second kappa shape index (κ2) is 4.29.